The van der Waals surface area contributed by atoms with E-state index in [1.165, 1.54) is 10.8 Å². The highest BCUT2D eigenvalue weighted by Crippen LogP contribution is 2.25. The van der Waals surface area contributed by atoms with Gasteiger partial charge in [-0.15, -0.1) is 0 Å². The van der Waals surface area contributed by atoms with Crippen molar-refractivity contribution >= 4 is 44.2 Å². The van der Waals surface area contributed by atoms with E-state index in [2.05, 4.69) is 0 Å². The van der Waals surface area contributed by atoms with Crippen LogP contribution in [0.5, 0.6) is 0 Å². The van der Waals surface area contributed by atoms with Crippen LogP contribution < -0.4 is 4.72 Å². The quantitative estimate of drug-likeness (QED) is 0.389. The zero-order valence-corrected chi connectivity index (χ0v) is 13.9. The van der Waals surface area contributed by atoms with E-state index in [1.807, 2.05) is 22.6 Å². The molecule has 0 bridgehead atoms. The van der Waals surface area contributed by atoms with Crippen LogP contribution in [0.15, 0.2) is 18.2 Å². The van der Waals surface area contributed by atoms with E-state index in [9.17, 15) is 26.7 Å². The smallest absolute Gasteiger partial charge is 0.364 e. The third kappa shape index (κ3) is 5.53. The van der Waals surface area contributed by atoms with Gasteiger partial charge in [0.25, 0.3) is 0 Å². The van der Waals surface area contributed by atoms with Gasteiger partial charge in [0.05, 0.1) is 6.61 Å². The number of hydrogen-bond acceptors (Lipinski definition) is 4. The number of aliphatic hydroxyl groups is 1. The molecule has 11 heteroatoms. The van der Waals surface area contributed by atoms with Crippen molar-refractivity contribution < 1.29 is 31.4 Å². The topological polar surface area (TPSA) is 75.6 Å². The maximum Gasteiger partial charge on any atom is 0.511 e. The van der Waals surface area contributed by atoms with Crippen LogP contribution in [0, 0.1) is 3.57 Å². The fourth-order valence-corrected chi connectivity index (χ4v) is 2.68. The van der Waals surface area contributed by atoms with E-state index in [1.54, 1.807) is 12.1 Å². The Morgan fingerprint density at radius 2 is 2.05 bits per heavy atom. The lowest BCUT2D eigenvalue weighted by Gasteiger charge is -2.14. The molecule has 1 rings (SSSR count). The first-order valence-corrected chi connectivity index (χ1v) is 8.29. The summed E-state index contributed by atoms with van der Waals surface area (Å²) in [4.78, 5) is 0. The number of hydrogen-bond donors (Lipinski definition) is 2. The number of sulfonamides is 1. The largest absolute Gasteiger partial charge is 0.511 e. The summed E-state index contributed by atoms with van der Waals surface area (Å²) in [5.74, 6) is 0. The Hall–Kier alpha value is -0.140. The molecule has 0 saturated carbocycles. The van der Waals surface area contributed by atoms with Crippen LogP contribution in [-0.2, 0) is 14.8 Å². The van der Waals surface area contributed by atoms with Crippen LogP contribution in [0.1, 0.15) is 11.9 Å². The van der Waals surface area contributed by atoms with E-state index in [0.717, 1.165) is 3.57 Å². The molecule has 0 saturated heterocycles. The molecule has 0 aromatic heterocycles. The molecule has 0 amide bonds. The van der Waals surface area contributed by atoms with Crippen LogP contribution in [-0.4, -0.2) is 32.2 Å². The molecule has 0 spiro atoms. The fraction of sp³-hybridized carbons (Fsp3) is 0.400. The molecule has 5 nitrogen and oxygen atoms in total. The highest BCUT2D eigenvalue weighted by atomic mass is 127. The van der Waals surface area contributed by atoms with Crippen LogP contribution in [0.4, 0.5) is 13.2 Å². The third-order valence-electron chi connectivity index (χ3n) is 2.20. The second-order valence-electron chi connectivity index (χ2n) is 3.73. The molecular weight excluding hydrogens is 450 g/mol. The van der Waals surface area contributed by atoms with Crippen molar-refractivity contribution in [1.82, 2.24) is 4.72 Å². The second kappa shape index (κ2) is 7.42. The van der Waals surface area contributed by atoms with Gasteiger partial charge in [-0.2, -0.15) is 13.2 Å². The van der Waals surface area contributed by atoms with Crippen molar-refractivity contribution in [2.75, 3.05) is 13.2 Å². The molecule has 120 valence electrons. The molecule has 1 atom stereocenters. The summed E-state index contributed by atoms with van der Waals surface area (Å²) in [6.45, 7) is -1.10. The average Bonchev–Trinajstić information content (AvgIpc) is 2.33. The lowest BCUT2D eigenvalue weighted by molar-refractivity contribution is -0.101. The van der Waals surface area contributed by atoms with E-state index in [-0.39, 0.29) is 10.6 Å². The van der Waals surface area contributed by atoms with E-state index >= 15 is 0 Å². The summed E-state index contributed by atoms with van der Waals surface area (Å²) in [7, 11) is -5.41. The summed E-state index contributed by atoms with van der Waals surface area (Å²) in [6.07, 6.45) is -1.47. The fourth-order valence-electron chi connectivity index (χ4n) is 1.22. The Morgan fingerprint density at radius 1 is 1.43 bits per heavy atom. The molecule has 1 unspecified atom stereocenters. The number of alkyl halides is 3. The van der Waals surface area contributed by atoms with E-state index in [4.69, 9.17) is 16.3 Å². The van der Waals surface area contributed by atoms with Gasteiger partial charge in [0.1, 0.15) is 0 Å². The number of aliphatic hydroxyl groups excluding tert-OH is 1. The second-order valence-corrected chi connectivity index (χ2v) is 7.14. The highest BCUT2D eigenvalue weighted by molar-refractivity contribution is 14.1. The highest BCUT2D eigenvalue weighted by Gasteiger charge is 2.45. The Labute approximate surface area is 137 Å². The van der Waals surface area contributed by atoms with Gasteiger partial charge in [0.15, 0.2) is 6.29 Å². The van der Waals surface area contributed by atoms with Gasteiger partial charge in [-0.1, -0.05) is 17.7 Å². The predicted octanol–water partition coefficient (Wildman–Crippen LogP) is 2.39. The van der Waals surface area contributed by atoms with E-state index < -0.39 is 35.0 Å². The molecule has 2 N–H and O–H groups in total. The van der Waals surface area contributed by atoms with Gasteiger partial charge >= 0.3 is 15.5 Å². The van der Waals surface area contributed by atoms with Crippen molar-refractivity contribution in [2.45, 2.75) is 11.8 Å². The maximum atomic E-state index is 12.0. The monoisotopic (exact) mass is 459 g/mol. The van der Waals surface area contributed by atoms with Crippen LogP contribution in [0.3, 0.4) is 0 Å². The molecule has 0 aliphatic carbocycles. The first kappa shape index (κ1) is 18.9. The van der Waals surface area contributed by atoms with Crippen LogP contribution in [0.2, 0.25) is 5.02 Å². The first-order valence-electron chi connectivity index (χ1n) is 5.35. The van der Waals surface area contributed by atoms with Gasteiger partial charge in [0.2, 0.25) is 0 Å². The van der Waals surface area contributed by atoms with Crippen molar-refractivity contribution in [2.24, 2.45) is 0 Å². The molecular formula is C10H10ClF3INO4S. The minimum atomic E-state index is -5.41. The summed E-state index contributed by atoms with van der Waals surface area (Å²) >= 11 is 7.87. The standard InChI is InChI=1S/C10H10ClF3INO4S/c11-8-5-6(15)1-2-7(8)9(17)20-4-3-16-21(18,19)10(12,13)14/h1-2,5,9,16-17H,3-4H2. The van der Waals surface area contributed by atoms with Crippen molar-refractivity contribution in [1.29, 1.82) is 0 Å². The van der Waals surface area contributed by atoms with Gasteiger partial charge < -0.3 is 9.84 Å². The summed E-state index contributed by atoms with van der Waals surface area (Å²) in [5, 5.41) is 9.90. The molecule has 0 aliphatic rings. The molecule has 0 fully saturated rings. The minimum Gasteiger partial charge on any atom is -0.364 e. The average molecular weight is 460 g/mol. The molecule has 0 radical (unpaired) electrons. The van der Waals surface area contributed by atoms with Crippen molar-refractivity contribution in [3.63, 3.8) is 0 Å². The number of halogens is 5. The Bertz CT molecular complexity index is 596. The lowest BCUT2D eigenvalue weighted by Crippen LogP contribution is -2.38. The van der Waals surface area contributed by atoms with Crippen molar-refractivity contribution in [3.05, 3.63) is 32.4 Å². The molecule has 1 aromatic rings. The SMILES string of the molecule is O=S(=O)(NCCOC(O)c1ccc(I)cc1Cl)C(F)(F)F. The van der Waals surface area contributed by atoms with Crippen LogP contribution in [0.25, 0.3) is 0 Å². The predicted molar refractivity (Wildman–Crippen MR) is 78.1 cm³/mol. The summed E-state index contributed by atoms with van der Waals surface area (Å²) in [5.41, 5.74) is -5.15. The van der Waals surface area contributed by atoms with Gasteiger partial charge in [0, 0.05) is 20.7 Å². The first-order chi connectivity index (χ1) is 9.54. The zero-order valence-electron chi connectivity index (χ0n) is 10.2. The third-order valence-corrected chi connectivity index (χ3v) is 4.40. The Morgan fingerprint density at radius 3 is 2.57 bits per heavy atom. The molecule has 1 aromatic carbocycles. The van der Waals surface area contributed by atoms with Gasteiger partial charge in [-0.05, 0) is 34.7 Å². The maximum absolute atomic E-state index is 12.0. The van der Waals surface area contributed by atoms with Crippen LogP contribution >= 0.6 is 34.2 Å². The zero-order chi connectivity index (χ0) is 16.3. The Balaban J connectivity index is 2.50. The van der Waals surface area contributed by atoms with Gasteiger partial charge in [-0.25, -0.2) is 13.1 Å². The molecule has 21 heavy (non-hydrogen) atoms. The Kier molecular flexibility index (Phi) is 6.68. The minimum absolute atomic E-state index is 0.227. The summed E-state index contributed by atoms with van der Waals surface area (Å²) < 4.78 is 64.4. The molecule has 0 aliphatic heterocycles. The molecule has 0 heterocycles. The summed E-state index contributed by atoms with van der Waals surface area (Å²) in [6, 6.07) is 4.71. The number of nitrogens with one attached hydrogen (secondary N) is 1. The van der Waals surface area contributed by atoms with E-state index in [0.29, 0.717) is 0 Å². The number of ether oxygens (including phenoxy) is 1. The van der Waals surface area contributed by atoms with Crippen molar-refractivity contribution in [3.8, 4) is 0 Å². The number of benzene rings is 1. The van der Waals surface area contributed by atoms with Gasteiger partial charge in [-0.3, -0.25) is 0 Å². The normalized spacial score (nSPS) is 14.2. The lowest BCUT2D eigenvalue weighted by atomic mass is 10.2. The number of rotatable bonds is 6.